The molecular formula is C19H30N2O5S2. The smallest absolute Gasteiger partial charge is 0.329 e. The summed E-state index contributed by atoms with van der Waals surface area (Å²) in [6.45, 7) is 7.40. The van der Waals surface area contributed by atoms with Crippen LogP contribution in [0.3, 0.4) is 0 Å². The van der Waals surface area contributed by atoms with E-state index >= 15 is 0 Å². The lowest BCUT2D eigenvalue weighted by atomic mass is 9.99. The third-order valence-corrected chi connectivity index (χ3v) is 7.97. The molecule has 0 bridgehead atoms. The van der Waals surface area contributed by atoms with Gasteiger partial charge in [0.2, 0.25) is 11.8 Å². The first-order chi connectivity index (χ1) is 13.2. The third kappa shape index (κ3) is 5.23. The van der Waals surface area contributed by atoms with E-state index in [1.54, 1.807) is 16.7 Å². The number of rotatable bonds is 6. The van der Waals surface area contributed by atoms with Gasteiger partial charge in [-0.15, -0.1) is 11.8 Å². The average molecular weight is 431 g/mol. The highest BCUT2D eigenvalue weighted by atomic mass is 32.2. The maximum atomic E-state index is 13.2. The number of fused-ring (bicyclic) bond motifs is 1. The summed E-state index contributed by atoms with van der Waals surface area (Å²) in [6, 6.07) is -1.31. The molecule has 0 radical (unpaired) electrons. The van der Waals surface area contributed by atoms with Crippen molar-refractivity contribution in [2.75, 3.05) is 12.9 Å². The van der Waals surface area contributed by atoms with Gasteiger partial charge in [0.1, 0.15) is 12.1 Å². The number of carbonyl (C=O) groups is 4. The molecule has 2 aliphatic heterocycles. The first kappa shape index (κ1) is 23.1. The summed E-state index contributed by atoms with van der Waals surface area (Å²) in [5, 5.41) is 2.15. The number of esters is 1. The van der Waals surface area contributed by atoms with E-state index in [0.29, 0.717) is 12.2 Å². The SMILES string of the molecule is CC[C@H](C)C(SC(C)=O)C(=O)NC1C[C@H](C)CC2SCC(C(=O)OC)N2C1=O. The molecule has 7 nitrogen and oxygen atoms in total. The minimum absolute atomic E-state index is 0.00473. The fourth-order valence-electron chi connectivity index (χ4n) is 3.68. The number of amides is 2. The van der Waals surface area contributed by atoms with E-state index in [2.05, 4.69) is 12.2 Å². The zero-order valence-corrected chi connectivity index (χ0v) is 18.7. The van der Waals surface area contributed by atoms with E-state index in [1.165, 1.54) is 14.0 Å². The third-order valence-electron chi connectivity index (χ3n) is 5.39. The Bertz CT molecular complexity index is 629. The number of nitrogens with zero attached hydrogens (tertiary/aromatic N) is 1. The van der Waals surface area contributed by atoms with Crippen LogP contribution in [0.5, 0.6) is 0 Å². The zero-order chi connectivity index (χ0) is 21.0. The van der Waals surface area contributed by atoms with Crippen LogP contribution in [0.25, 0.3) is 0 Å². The Labute approximate surface area is 175 Å². The fraction of sp³-hybridized carbons (Fsp3) is 0.789. The summed E-state index contributed by atoms with van der Waals surface area (Å²) in [5.41, 5.74) is 0. The number of hydrogen-bond donors (Lipinski definition) is 1. The van der Waals surface area contributed by atoms with E-state index in [1.807, 2.05) is 13.8 Å². The van der Waals surface area contributed by atoms with Crippen molar-refractivity contribution in [1.82, 2.24) is 10.2 Å². The molecule has 0 aromatic carbocycles. The van der Waals surface area contributed by atoms with E-state index in [0.717, 1.165) is 24.6 Å². The summed E-state index contributed by atoms with van der Waals surface area (Å²) >= 11 is 2.60. The molecule has 2 aliphatic rings. The largest absolute Gasteiger partial charge is 0.467 e. The Morgan fingerprint density at radius 3 is 2.61 bits per heavy atom. The lowest BCUT2D eigenvalue weighted by Crippen LogP contribution is -2.54. The molecule has 1 N–H and O–H groups in total. The van der Waals surface area contributed by atoms with E-state index in [-0.39, 0.29) is 34.1 Å². The number of methoxy groups -OCH3 is 1. The Morgan fingerprint density at radius 1 is 1.36 bits per heavy atom. The first-order valence-electron chi connectivity index (χ1n) is 9.68. The van der Waals surface area contributed by atoms with Crippen molar-refractivity contribution >= 4 is 46.4 Å². The molecule has 4 unspecified atom stereocenters. The molecule has 2 heterocycles. The molecule has 28 heavy (non-hydrogen) atoms. The number of hydrogen-bond acceptors (Lipinski definition) is 7. The van der Waals surface area contributed by atoms with Gasteiger partial charge in [-0.25, -0.2) is 4.79 Å². The molecule has 2 amide bonds. The van der Waals surface area contributed by atoms with Gasteiger partial charge < -0.3 is 15.0 Å². The average Bonchev–Trinajstić information content (AvgIpc) is 3.01. The van der Waals surface area contributed by atoms with Gasteiger partial charge in [-0.1, -0.05) is 39.0 Å². The van der Waals surface area contributed by atoms with Gasteiger partial charge in [-0.3, -0.25) is 14.4 Å². The Hall–Kier alpha value is -1.22. The van der Waals surface area contributed by atoms with E-state index < -0.39 is 23.3 Å². The van der Waals surface area contributed by atoms with Gasteiger partial charge in [0, 0.05) is 12.7 Å². The summed E-state index contributed by atoms with van der Waals surface area (Å²) in [4.78, 5) is 51.5. The molecule has 9 heteroatoms. The summed E-state index contributed by atoms with van der Waals surface area (Å²) < 4.78 is 4.87. The van der Waals surface area contributed by atoms with Crippen molar-refractivity contribution in [1.29, 1.82) is 0 Å². The molecule has 0 aliphatic carbocycles. The maximum absolute atomic E-state index is 13.2. The molecule has 158 valence electrons. The number of carbonyl (C=O) groups excluding carboxylic acids is 4. The predicted molar refractivity (Wildman–Crippen MR) is 111 cm³/mol. The number of ether oxygens (including phenoxy) is 1. The zero-order valence-electron chi connectivity index (χ0n) is 17.1. The van der Waals surface area contributed by atoms with Crippen LogP contribution in [-0.4, -0.2) is 63.4 Å². The van der Waals surface area contributed by atoms with Crippen LogP contribution in [0.2, 0.25) is 0 Å². The van der Waals surface area contributed by atoms with Gasteiger partial charge in [0.25, 0.3) is 0 Å². The van der Waals surface area contributed by atoms with Crippen LogP contribution >= 0.6 is 23.5 Å². The molecule has 0 saturated carbocycles. The minimum atomic E-state index is -0.697. The highest BCUT2D eigenvalue weighted by Crippen LogP contribution is 2.38. The summed E-state index contributed by atoms with van der Waals surface area (Å²) in [5.74, 6) is -0.223. The molecule has 2 fully saturated rings. The minimum Gasteiger partial charge on any atom is -0.467 e. The number of nitrogens with one attached hydrogen (secondary N) is 1. The predicted octanol–water partition coefficient (Wildman–Crippen LogP) is 2.04. The van der Waals surface area contributed by atoms with E-state index in [9.17, 15) is 19.2 Å². The molecule has 6 atom stereocenters. The van der Waals surface area contributed by atoms with Crippen molar-refractivity contribution in [2.24, 2.45) is 11.8 Å². The van der Waals surface area contributed by atoms with Crippen LogP contribution in [0.15, 0.2) is 0 Å². The fourth-order valence-corrected chi connectivity index (χ4v) is 6.21. The van der Waals surface area contributed by atoms with Gasteiger partial charge >= 0.3 is 5.97 Å². The second-order valence-electron chi connectivity index (χ2n) is 7.63. The van der Waals surface area contributed by atoms with Gasteiger partial charge in [-0.2, -0.15) is 0 Å². The van der Waals surface area contributed by atoms with Crippen LogP contribution in [0.1, 0.15) is 47.0 Å². The Morgan fingerprint density at radius 2 is 2.04 bits per heavy atom. The number of thioether (sulfide) groups is 2. The second-order valence-corrected chi connectivity index (χ2v) is 10.2. The Balaban J connectivity index is 2.21. The highest BCUT2D eigenvalue weighted by molar-refractivity contribution is 8.14. The van der Waals surface area contributed by atoms with Gasteiger partial charge in [0.15, 0.2) is 5.12 Å². The molecule has 0 aromatic rings. The molecule has 2 rings (SSSR count). The molecular weight excluding hydrogens is 400 g/mol. The Kier molecular flexibility index (Phi) is 8.24. The second kappa shape index (κ2) is 10.0. The van der Waals surface area contributed by atoms with Crippen molar-refractivity contribution in [3.63, 3.8) is 0 Å². The molecule has 0 spiro atoms. The first-order valence-corrected chi connectivity index (χ1v) is 11.6. The van der Waals surface area contributed by atoms with Crippen LogP contribution < -0.4 is 5.32 Å². The monoisotopic (exact) mass is 430 g/mol. The standard InChI is InChI=1S/C19H30N2O5S2/c1-6-11(3)16(28-12(4)22)17(23)20-13-7-10(2)8-15-21(18(13)24)14(9-27-15)19(25)26-5/h10-11,13-16H,6-9H2,1-5H3,(H,20,23)/t10-,11-,13?,14?,15?,16?/m0/s1. The lowest BCUT2D eigenvalue weighted by Gasteiger charge is -2.30. The van der Waals surface area contributed by atoms with Crippen molar-refractivity contribution in [3.8, 4) is 0 Å². The topological polar surface area (TPSA) is 92.8 Å². The molecule has 2 saturated heterocycles. The quantitative estimate of drug-likeness (QED) is 0.645. The summed E-state index contributed by atoms with van der Waals surface area (Å²) in [7, 11) is 1.32. The van der Waals surface area contributed by atoms with Gasteiger partial charge in [0.05, 0.1) is 17.7 Å². The summed E-state index contributed by atoms with van der Waals surface area (Å²) in [6.07, 6.45) is 2.04. The van der Waals surface area contributed by atoms with Crippen molar-refractivity contribution in [2.45, 2.75) is 69.7 Å². The van der Waals surface area contributed by atoms with Crippen molar-refractivity contribution < 1.29 is 23.9 Å². The highest BCUT2D eigenvalue weighted by Gasteiger charge is 2.47. The van der Waals surface area contributed by atoms with Crippen molar-refractivity contribution in [3.05, 3.63) is 0 Å². The normalized spacial score (nSPS) is 29.5. The van der Waals surface area contributed by atoms with Crippen LogP contribution in [-0.2, 0) is 23.9 Å². The van der Waals surface area contributed by atoms with Crippen LogP contribution in [0, 0.1) is 11.8 Å². The lowest BCUT2D eigenvalue weighted by molar-refractivity contribution is -0.152. The van der Waals surface area contributed by atoms with Gasteiger partial charge in [-0.05, 0) is 24.7 Å². The van der Waals surface area contributed by atoms with Crippen LogP contribution in [0.4, 0.5) is 0 Å². The maximum Gasteiger partial charge on any atom is 0.329 e. The molecule has 0 aromatic heterocycles. The van der Waals surface area contributed by atoms with E-state index in [4.69, 9.17) is 4.74 Å².